The van der Waals surface area contributed by atoms with E-state index in [4.69, 9.17) is 9.47 Å². The van der Waals surface area contributed by atoms with Crippen molar-refractivity contribution in [2.45, 2.75) is 12.3 Å². The van der Waals surface area contributed by atoms with E-state index in [-0.39, 0.29) is 0 Å². The summed E-state index contributed by atoms with van der Waals surface area (Å²) in [6.45, 7) is 0. The third kappa shape index (κ3) is 3.75. The van der Waals surface area contributed by atoms with E-state index >= 15 is 0 Å². The van der Waals surface area contributed by atoms with Gasteiger partial charge in [-0.2, -0.15) is 0 Å². The van der Waals surface area contributed by atoms with Crippen molar-refractivity contribution in [2.75, 3.05) is 14.2 Å². The fourth-order valence-electron chi connectivity index (χ4n) is 2.22. The Morgan fingerprint density at radius 3 is 2.29 bits per heavy atom. The Morgan fingerprint density at radius 1 is 1.05 bits per heavy atom. The van der Waals surface area contributed by atoms with Crippen molar-refractivity contribution in [3.63, 3.8) is 0 Å². The number of rotatable bonds is 6. The maximum Gasteiger partial charge on any atom is 0.311 e. The Hall–Kier alpha value is -2.49. The number of carboxylic acids is 1. The molecule has 1 unspecified atom stereocenters. The number of methoxy groups -OCH3 is 2. The van der Waals surface area contributed by atoms with Crippen LogP contribution in [0.2, 0.25) is 0 Å². The zero-order valence-electron chi connectivity index (χ0n) is 12.1. The molecule has 110 valence electrons. The smallest absolute Gasteiger partial charge is 0.311 e. The lowest BCUT2D eigenvalue weighted by Gasteiger charge is -2.14. The molecule has 0 fully saturated rings. The van der Waals surface area contributed by atoms with Crippen LogP contribution in [0, 0.1) is 0 Å². The van der Waals surface area contributed by atoms with Gasteiger partial charge in [-0.25, -0.2) is 0 Å². The van der Waals surface area contributed by atoms with Gasteiger partial charge in [0.15, 0.2) is 0 Å². The van der Waals surface area contributed by atoms with Gasteiger partial charge in [-0.15, -0.1) is 0 Å². The van der Waals surface area contributed by atoms with Gasteiger partial charge in [-0.1, -0.05) is 24.3 Å². The normalized spacial score (nSPS) is 11.7. The molecule has 4 nitrogen and oxygen atoms in total. The second-order valence-electron chi connectivity index (χ2n) is 4.72. The number of hydrogen-bond donors (Lipinski definition) is 1. The average Bonchev–Trinajstić information content (AvgIpc) is 2.52. The maximum atomic E-state index is 11.6. The number of hydrogen-bond acceptors (Lipinski definition) is 3. The minimum Gasteiger partial charge on any atom is -0.497 e. The first-order valence-corrected chi connectivity index (χ1v) is 6.63. The number of carboxylic acid groups (broad SMARTS) is 1. The predicted octanol–water partition coefficient (Wildman–Crippen LogP) is 3.11. The summed E-state index contributed by atoms with van der Waals surface area (Å²) in [6, 6.07) is 14.6. The summed E-state index contributed by atoms with van der Waals surface area (Å²) in [5, 5.41) is 9.48. The van der Waals surface area contributed by atoms with Crippen molar-refractivity contribution >= 4 is 5.97 Å². The van der Waals surface area contributed by atoms with Gasteiger partial charge >= 0.3 is 5.97 Å². The molecule has 2 rings (SSSR count). The van der Waals surface area contributed by atoms with E-state index in [1.165, 1.54) is 0 Å². The van der Waals surface area contributed by atoms with E-state index < -0.39 is 11.9 Å². The molecule has 0 bridgehead atoms. The molecule has 0 heterocycles. The van der Waals surface area contributed by atoms with Crippen LogP contribution < -0.4 is 9.47 Å². The van der Waals surface area contributed by atoms with Crippen molar-refractivity contribution in [3.05, 3.63) is 59.7 Å². The molecule has 4 heteroatoms. The third-order valence-electron chi connectivity index (χ3n) is 3.39. The molecule has 0 aliphatic rings. The zero-order valence-corrected chi connectivity index (χ0v) is 12.1. The van der Waals surface area contributed by atoms with Crippen molar-refractivity contribution in [3.8, 4) is 11.5 Å². The average molecular weight is 286 g/mol. The Kier molecular flexibility index (Phi) is 4.82. The number of ether oxygens (including phenoxy) is 2. The summed E-state index contributed by atoms with van der Waals surface area (Å²) in [5.41, 5.74) is 1.68. The third-order valence-corrected chi connectivity index (χ3v) is 3.39. The highest BCUT2D eigenvalue weighted by molar-refractivity contribution is 5.76. The van der Waals surface area contributed by atoms with Crippen molar-refractivity contribution in [1.29, 1.82) is 0 Å². The van der Waals surface area contributed by atoms with Gasteiger partial charge in [0.25, 0.3) is 0 Å². The fourth-order valence-corrected chi connectivity index (χ4v) is 2.22. The van der Waals surface area contributed by atoms with Gasteiger partial charge in [0.2, 0.25) is 0 Å². The lowest BCUT2D eigenvalue weighted by molar-refractivity contribution is -0.138. The highest BCUT2D eigenvalue weighted by Crippen LogP contribution is 2.25. The van der Waals surface area contributed by atoms with Crippen LogP contribution in [0.4, 0.5) is 0 Å². The molecule has 2 aromatic rings. The van der Waals surface area contributed by atoms with Crippen LogP contribution in [0.25, 0.3) is 0 Å². The van der Waals surface area contributed by atoms with E-state index in [0.717, 1.165) is 16.9 Å². The minimum absolute atomic E-state index is 0.416. The highest BCUT2D eigenvalue weighted by atomic mass is 16.5. The first-order chi connectivity index (χ1) is 10.1. The van der Waals surface area contributed by atoms with Crippen LogP contribution in [0.1, 0.15) is 17.0 Å². The quantitative estimate of drug-likeness (QED) is 0.886. The molecule has 2 aromatic carbocycles. The molecule has 1 N–H and O–H groups in total. The second-order valence-corrected chi connectivity index (χ2v) is 4.72. The van der Waals surface area contributed by atoms with Crippen molar-refractivity contribution < 1.29 is 19.4 Å². The molecule has 0 aliphatic heterocycles. The number of carbonyl (C=O) groups is 1. The number of aliphatic carboxylic acids is 1. The molecule has 1 atom stereocenters. The van der Waals surface area contributed by atoms with Gasteiger partial charge in [-0.3, -0.25) is 4.79 Å². The lowest BCUT2D eigenvalue weighted by Crippen LogP contribution is -2.14. The van der Waals surface area contributed by atoms with Crippen LogP contribution in [0.3, 0.4) is 0 Å². The molecular formula is C17H18O4. The molecular weight excluding hydrogens is 268 g/mol. The Labute approximate surface area is 123 Å². The van der Waals surface area contributed by atoms with Gasteiger partial charge in [0, 0.05) is 0 Å². The lowest BCUT2D eigenvalue weighted by atomic mass is 9.92. The van der Waals surface area contributed by atoms with Crippen LogP contribution in [0.15, 0.2) is 48.5 Å². The summed E-state index contributed by atoms with van der Waals surface area (Å²) in [4.78, 5) is 11.6. The van der Waals surface area contributed by atoms with Gasteiger partial charge in [0.05, 0.1) is 20.1 Å². The first kappa shape index (κ1) is 14.9. The van der Waals surface area contributed by atoms with E-state index in [1.54, 1.807) is 38.5 Å². The monoisotopic (exact) mass is 286 g/mol. The van der Waals surface area contributed by atoms with Crippen LogP contribution in [-0.2, 0) is 11.2 Å². The zero-order chi connectivity index (χ0) is 15.2. The van der Waals surface area contributed by atoms with E-state index in [2.05, 4.69) is 0 Å². The summed E-state index contributed by atoms with van der Waals surface area (Å²) >= 11 is 0. The summed E-state index contributed by atoms with van der Waals surface area (Å²) in [7, 11) is 3.18. The molecule has 0 aliphatic carbocycles. The van der Waals surface area contributed by atoms with Crippen LogP contribution >= 0.6 is 0 Å². The van der Waals surface area contributed by atoms with Gasteiger partial charge in [0.1, 0.15) is 11.5 Å². The molecule has 21 heavy (non-hydrogen) atoms. The standard InChI is InChI=1S/C17H18O4/c1-20-14-8-6-13(7-9-14)16(17(18)19)11-12-4-3-5-15(10-12)21-2/h3-10,16H,11H2,1-2H3,(H,18,19). The fraction of sp³-hybridized carbons (Fsp3) is 0.235. The van der Waals surface area contributed by atoms with E-state index in [9.17, 15) is 9.90 Å². The van der Waals surface area contributed by atoms with Gasteiger partial charge < -0.3 is 14.6 Å². The Balaban J connectivity index is 2.23. The first-order valence-electron chi connectivity index (χ1n) is 6.63. The second kappa shape index (κ2) is 6.79. The maximum absolute atomic E-state index is 11.6. The molecule has 0 aromatic heterocycles. The molecule has 0 radical (unpaired) electrons. The Bertz CT molecular complexity index is 604. The predicted molar refractivity (Wildman–Crippen MR) is 80.1 cm³/mol. The van der Waals surface area contributed by atoms with Gasteiger partial charge in [-0.05, 0) is 41.8 Å². The molecule has 0 saturated carbocycles. The molecule has 0 amide bonds. The van der Waals surface area contributed by atoms with Crippen molar-refractivity contribution in [1.82, 2.24) is 0 Å². The molecule has 0 spiro atoms. The topological polar surface area (TPSA) is 55.8 Å². The highest BCUT2D eigenvalue weighted by Gasteiger charge is 2.20. The summed E-state index contributed by atoms with van der Waals surface area (Å²) < 4.78 is 10.3. The van der Waals surface area contributed by atoms with E-state index in [1.807, 2.05) is 24.3 Å². The minimum atomic E-state index is -0.844. The summed E-state index contributed by atoms with van der Waals surface area (Å²) in [6.07, 6.45) is 0.416. The summed E-state index contributed by atoms with van der Waals surface area (Å²) in [5.74, 6) is 0.00152. The van der Waals surface area contributed by atoms with Crippen molar-refractivity contribution in [2.24, 2.45) is 0 Å². The number of benzene rings is 2. The molecule has 0 saturated heterocycles. The van der Waals surface area contributed by atoms with Crippen LogP contribution in [-0.4, -0.2) is 25.3 Å². The van der Waals surface area contributed by atoms with E-state index in [0.29, 0.717) is 12.2 Å². The largest absolute Gasteiger partial charge is 0.497 e. The Morgan fingerprint density at radius 2 is 1.71 bits per heavy atom. The van der Waals surface area contributed by atoms with Crippen LogP contribution in [0.5, 0.6) is 11.5 Å². The SMILES string of the molecule is COc1ccc(C(Cc2cccc(OC)c2)C(=O)O)cc1.